The SMILES string of the molecule is NC(=O)c1ccn2c1cnc1c(Nc3ccccc3)cccc12. The number of fused-ring (bicyclic) bond motifs is 3. The molecule has 0 saturated carbocycles. The van der Waals surface area contributed by atoms with Crippen LogP contribution in [0.25, 0.3) is 16.6 Å². The van der Waals surface area contributed by atoms with Crippen LogP contribution in [0.2, 0.25) is 0 Å². The van der Waals surface area contributed by atoms with E-state index in [2.05, 4.69) is 10.3 Å². The molecule has 0 radical (unpaired) electrons. The van der Waals surface area contributed by atoms with Crippen molar-refractivity contribution in [3.63, 3.8) is 0 Å². The molecule has 0 spiro atoms. The second-order valence-corrected chi connectivity index (χ2v) is 5.27. The number of amides is 1. The summed E-state index contributed by atoms with van der Waals surface area (Å²) in [7, 11) is 0. The minimum atomic E-state index is -0.452. The molecule has 2 heterocycles. The monoisotopic (exact) mass is 302 g/mol. The lowest BCUT2D eigenvalue weighted by molar-refractivity contribution is 0.100. The first-order valence-corrected chi connectivity index (χ1v) is 7.25. The Morgan fingerprint density at radius 2 is 1.83 bits per heavy atom. The molecule has 0 aliphatic heterocycles. The van der Waals surface area contributed by atoms with Gasteiger partial charge >= 0.3 is 0 Å². The van der Waals surface area contributed by atoms with Crippen LogP contribution in [0.5, 0.6) is 0 Å². The van der Waals surface area contributed by atoms with E-state index < -0.39 is 5.91 Å². The minimum absolute atomic E-state index is 0.452. The predicted molar refractivity (Wildman–Crippen MR) is 90.9 cm³/mol. The third kappa shape index (κ3) is 2.19. The number of nitrogens with two attached hydrogens (primary N) is 1. The van der Waals surface area contributed by atoms with Gasteiger partial charge in [-0.2, -0.15) is 0 Å². The fraction of sp³-hybridized carbons (Fsp3) is 0. The van der Waals surface area contributed by atoms with Crippen LogP contribution >= 0.6 is 0 Å². The molecule has 0 aliphatic carbocycles. The zero-order valence-corrected chi connectivity index (χ0v) is 12.2. The van der Waals surface area contributed by atoms with Crippen LogP contribution in [0.4, 0.5) is 11.4 Å². The second-order valence-electron chi connectivity index (χ2n) is 5.27. The molecular formula is C18H14N4O. The van der Waals surface area contributed by atoms with Crippen molar-refractivity contribution in [2.75, 3.05) is 5.32 Å². The normalized spacial score (nSPS) is 11.0. The molecule has 1 amide bonds. The number of nitrogens with zero attached hydrogens (tertiary/aromatic N) is 2. The van der Waals surface area contributed by atoms with Gasteiger partial charge in [-0.3, -0.25) is 9.78 Å². The van der Waals surface area contributed by atoms with E-state index >= 15 is 0 Å². The molecule has 112 valence electrons. The minimum Gasteiger partial charge on any atom is -0.366 e. The van der Waals surface area contributed by atoms with Crippen LogP contribution in [0.3, 0.4) is 0 Å². The Kier molecular flexibility index (Phi) is 2.98. The van der Waals surface area contributed by atoms with E-state index in [9.17, 15) is 4.79 Å². The zero-order chi connectivity index (χ0) is 15.8. The van der Waals surface area contributed by atoms with E-state index in [4.69, 9.17) is 5.73 Å². The first-order chi connectivity index (χ1) is 11.2. The van der Waals surface area contributed by atoms with E-state index in [1.165, 1.54) is 0 Å². The number of anilines is 2. The molecule has 23 heavy (non-hydrogen) atoms. The lowest BCUT2D eigenvalue weighted by atomic mass is 10.2. The van der Waals surface area contributed by atoms with E-state index in [0.29, 0.717) is 11.1 Å². The topological polar surface area (TPSA) is 72.4 Å². The average Bonchev–Trinajstić information content (AvgIpc) is 3.01. The van der Waals surface area contributed by atoms with Gasteiger partial charge in [0.2, 0.25) is 0 Å². The van der Waals surface area contributed by atoms with Gasteiger partial charge in [-0.15, -0.1) is 0 Å². The Morgan fingerprint density at radius 1 is 1.00 bits per heavy atom. The predicted octanol–water partition coefficient (Wildman–Crippen LogP) is 3.33. The summed E-state index contributed by atoms with van der Waals surface area (Å²) in [5.41, 5.74) is 10.2. The van der Waals surface area contributed by atoms with Crippen molar-refractivity contribution in [3.8, 4) is 0 Å². The quantitative estimate of drug-likeness (QED) is 0.609. The van der Waals surface area contributed by atoms with Gasteiger partial charge in [-0.25, -0.2) is 0 Å². The largest absolute Gasteiger partial charge is 0.366 e. The number of hydrogen-bond donors (Lipinski definition) is 2. The number of carbonyl (C=O) groups excluding carboxylic acids is 1. The number of rotatable bonds is 3. The van der Waals surface area contributed by atoms with E-state index in [-0.39, 0.29) is 0 Å². The van der Waals surface area contributed by atoms with Crippen LogP contribution < -0.4 is 11.1 Å². The summed E-state index contributed by atoms with van der Waals surface area (Å²) < 4.78 is 1.93. The molecule has 0 saturated heterocycles. The van der Waals surface area contributed by atoms with E-state index in [1.807, 2.05) is 59.1 Å². The first kappa shape index (κ1) is 13.3. The number of aromatic nitrogens is 2. The smallest absolute Gasteiger partial charge is 0.250 e. The zero-order valence-electron chi connectivity index (χ0n) is 12.2. The van der Waals surface area contributed by atoms with E-state index in [0.717, 1.165) is 22.4 Å². The fourth-order valence-corrected chi connectivity index (χ4v) is 2.76. The number of nitrogens with one attached hydrogen (secondary N) is 1. The lowest BCUT2D eigenvalue weighted by Crippen LogP contribution is -2.10. The number of carbonyl (C=O) groups is 1. The lowest BCUT2D eigenvalue weighted by Gasteiger charge is -2.10. The molecule has 5 heteroatoms. The maximum Gasteiger partial charge on any atom is 0.250 e. The van der Waals surface area contributed by atoms with Crippen molar-refractivity contribution in [1.82, 2.24) is 9.38 Å². The Bertz CT molecular complexity index is 1020. The number of benzene rings is 2. The summed E-state index contributed by atoms with van der Waals surface area (Å²) in [6.45, 7) is 0. The van der Waals surface area contributed by atoms with Gasteiger partial charge in [0.15, 0.2) is 0 Å². The Balaban J connectivity index is 1.91. The maximum absolute atomic E-state index is 11.5. The van der Waals surface area contributed by atoms with Crippen molar-refractivity contribution in [1.29, 1.82) is 0 Å². The Morgan fingerprint density at radius 3 is 2.61 bits per heavy atom. The highest BCUT2D eigenvalue weighted by Gasteiger charge is 2.12. The van der Waals surface area contributed by atoms with Crippen molar-refractivity contribution in [3.05, 3.63) is 72.6 Å². The molecule has 0 aliphatic rings. The van der Waals surface area contributed by atoms with Crippen molar-refractivity contribution in [2.24, 2.45) is 5.73 Å². The number of primary amides is 1. The highest BCUT2D eigenvalue weighted by molar-refractivity contribution is 6.01. The molecule has 5 nitrogen and oxygen atoms in total. The van der Waals surface area contributed by atoms with Gasteiger partial charge in [-0.1, -0.05) is 24.3 Å². The second kappa shape index (κ2) is 5.14. The first-order valence-electron chi connectivity index (χ1n) is 7.25. The van der Waals surface area contributed by atoms with Gasteiger partial charge in [0.25, 0.3) is 5.91 Å². The van der Waals surface area contributed by atoms with Gasteiger partial charge < -0.3 is 15.5 Å². The van der Waals surface area contributed by atoms with Crippen molar-refractivity contribution < 1.29 is 4.79 Å². The molecular weight excluding hydrogens is 288 g/mol. The molecule has 2 aromatic carbocycles. The van der Waals surface area contributed by atoms with Crippen molar-refractivity contribution in [2.45, 2.75) is 0 Å². The van der Waals surface area contributed by atoms with Crippen LogP contribution in [-0.4, -0.2) is 15.3 Å². The number of hydrogen-bond acceptors (Lipinski definition) is 3. The maximum atomic E-state index is 11.5. The summed E-state index contributed by atoms with van der Waals surface area (Å²) in [5, 5.41) is 3.37. The van der Waals surface area contributed by atoms with Crippen LogP contribution in [0.15, 0.2) is 67.0 Å². The summed E-state index contributed by atoms with van der Waals surface area (Å²) in [5.74, 6) is -0.452. The third-order valence-electron chi connectivity index (χ3n) is 3.83. The molecule has 0 fully saturated rings. The molecule has 2 aromatic heterocycles. The number of para-hydroxylation sites is 2. The van der Waals surface area contributed by atoms with Crippen LogP contribution in [-0.2, 0) is 0 Å². The Labute approximate surface area is 132 Å². The molecule has 0 unspecified atom stereocenters. The van der Waals surface area contributed by atoms with Gasteiger partial charge in [0.05, 0.1) is 28.5 Å². The fourth-order valence-electron chi connectivity index (χ4n) is 2.76. The average molecular weight is 302 g/mol. The van der Waals surface area contributed by atoms with Crippen molar-refractivity contribution >= 4 is 33.8 Å². The molecule has 4 aromatic rings. The van der Waals surface area contributed by atoms with E-state index in [1.54, 1.807) is 12.3 Å². The third-order valence-corrected chi connectivity index (χ3v) is 3.83. The molecule has 3 N–H and O–H groups in total. The Hall–Kier alpha value is -3.34. The van der Waals surface area contributed by atoms with Crippen LogP contribution in [0.1, 0.15) is 10.4 Å². The van der Waals surface area contributed by atoms with Gasteiger partial charge in [0.1, 0.15) is 5.52 Å². The van der Waals surface area contributed by atoms with Gasteiger partial charge in [-0.05, 0) is 30.3 Å². The summed E-state index contributed by atoms with van der Waals surface area (Å²) >= 11 is 0. The summed E-state index contributed by atoms with van der Waals surface area (Å²) in [6, 6.07) is 17.5. The molecule has 0 bridgehead atoms. The highest BCUT2D eigenvalue weighted by atomic mass is 16.1. The summed E-state index contributed by atoms with van der Waals surface area (Å²) in [6.07, 6.45) is 3.52. The highest BCUT2D eigenvalue weighted by Crippen LogP contribution is 2.26. The van der Waals surface area contributed by atoms with Gasteiger partial charge in [0, 0.05) is 11.9 Å². The summed E-state index contributed by atoms with van der Waals surface area (Å²) in [4.78, 5) is 16.0. The molecule has 4 rings (SSSR count). The standard InChI is InChI=1S/C18H14N4O/c19-18(23)13-9-10-22-15-8-4-7-14(17(15)20-11-16(13)22)21-12-5-2-1-3-6-12/h1-11,21H,(H2,19,23). The molecule has 0 atom stereocenters. The van der Waals surface area contributed by atoms with Crippen LogP contribution in [0, 0.1) is 0 Å².